The number of nitrogens with zero attached hydrogens (tertiary/aromatic N) is 3. The van der Waals surface area contributed by atoms with E-state index in [0.717, 1.165) is 0 Å². The smallest absolute Gasteiger partial charge is 0.543 e. The molecule has 0 aliphatic rings. The normalized spacial score (nSPS) is 9.56. The van der Waals surface area contributed by atoms with Crippen LogP contribution in [0.2, 0.25) is 0 Å². The number of aromatic carboxylic acids is 1. The van der Waals surface area contributed by atoms with E-state index < -0.39 is 5.97 Å². The van der Waals surface area contributed by atoms with Gasteiger partial charge in [-0.2, -0.15) is 5.10 Å². The van der Waals surface area contributed by atoms with Gasteiger partial charge in [0.15, 0.2) is 0 Å². The van der Waals surface area contributed by atoms with Gasteiger partial charge < -0.3 is 9.90 Å². The summed E-state index contributed by atoms with van der Waals surface area (Å²) in [7, 11) is 0. The molecule has 16 heavy (non-hydrogen) atoms. The van der Waals surface area contributed by atoms with Crippen molar-refractivity contribution >= 4 is 5.97 Å². The summed E-state index contributed by atoms with van der Waals surface area (Å²) in [6.07, 6.45) is 4.45. The summed E-state index contributed by atoms with van der Waals surface area (Å²) in [6.45, 7) is 1.77. The monoisotopic (exact) mass is 226 g/mol. The van der Waals surface area contributed by atoms with E-state index in [9.17, 15) is 9.90 Å². The number of H-pyrrole nitrogens is 1. The largest absolute Gasteiger partial charge is 1.00 e. The molecule has 0 unspecified atom stereocenters. The van der Waals surface area contributed by atoms with Gasteiger partial charge >= 0.3 is 29.6 Å². The molecule has 0 radical (unpaired) electrons. The van der Waals surface area contributed by atoms with Crippen molar-refractivity contribution in [3.05, 3.63) is 30.0 Å². The van der Waals surface area contributed by atoms with Crippen molar-refractivity contribution in [1.29, 1.82) is 0 Å². The molecule has 0 atom stereocenters. The van der Waals surface area contributed by atoms with E-state index in [4.69, 9.17) is 0 Å². The van der Waals surface area contributed by atoms with Crippen LogP contribution in [-0.4, -0.2) is 26.1 Å². The molecule has 0 aliphatic carbocycles. The number of carbonyl (C=O) groups excluding carboxylic acids is 1. The van der Waals surface area contributed by atoms with Gasteiger partial charge in [0, 0.05) is 11.8 Å². The van der Waals surface area contributed by atoms with Crippen molar-refractivity contribution in [2.75, 3.05) is 0 Å². The summed E-state index contributed by atoms with van der Waals surface area (Å²) in [4.78, 5) is 18.8. The molecule has 6 nitrogen and oxygen atoms in total. The molecule has 7 heteroatoms. The number of carboxylic acid groups (broad SMARTS) is 1. The van der Waals surface area contributed by atoms with Crippen LogP contribution in [0.15, 0.2) is 18.6 Å². The second-order valence-electron chi connectivity index (χ2n) is 2.99. The van der Waals surface area contributed by atoms with E-state index >= 15 is 0 Å². The maximum absolute atomic E-state index is 10.7. The van der Waals surface area contributed by atoms with Crippen molar-refractivity contribution in [2.24, 2.45) is 0 Å². The number of aromatic nitrogens is 4. The molecule has 76 valence electrons. The molecule has 0 saturated carbocycles. The van der Waals surface area contributed by atoms with E-state index in [1.165, 1.54) is 12.4 Å². The van der Waals surface area contributed by atoms with Crippen molar-refractivity contribution in [1.82, 2.24) is 20.2 Å². The van der Waals surface area contributed by atoms with Crippen LogP contribution in [0.5, 0.6) is 0 Å². The SMILES string of the molecule is Cc1cncc(-c2cn[nH]c2C(=O)[O-])n1.[Na+]. The van der Waals surface area contributed by atoms with E-state index in [2.05, 4.69) is 20.2 Å². The third-order valence-electron chi connectivity index (χ3n) is 1.87. The molecule has 0 saturated heterocycles. The van der Waals surface area contributed by atoms with Gasteiger partial charge in [0.1, 0.15) is 0 Å². The molecule has 0 aliphatic heterocycles. The number of aryl methyl sites for hydroxylation is 1. The molecular weight excluding hydrogens is 219 g/mol. The summed E-state index contributed by atoms with van der Waals surface area (Å²) >= 11 is 0. The van der Waals surface area contributed by atoms with E-state index in [1.54, 1.807) is 13.1 Å². The predicted molar refractivity (Wildman–Crippen MR) is 48.7 cm³/mol. The second-order valence-corrected chi connectivity index (χ2v) is 2.99. The molecule has 0 bridgehead atoms. The molecule has 2 aromatic heterocycles. The van der Waals surface area contributed by atoms with Crippen LogP contribution in [0.4, 0.5) is 0 Å². The van der Waals surface area contributed by atoms with Gasteiger partial charge in [0.2, 0.25) is 0 Å². The van der Waals surface area contributed by atoms with Crippen LogP contribution in [0.1, 0.15) is 16.2 Å². The molecule has 0 fully saturated rings. The fourth-order valence-electron chi connectivity index (χ4n) is 1.23. The fraction of sp³-hybridized carbons (Fsp3) is 0.111. The quantitative estimate of drug-likeness (QED) is 0.537. The van der Waals surface area contributed by atoms with Crippen molar-refractivity contribution in [2.45, 2.75) is 6.92 Å². The van der Waals surface area contributed by atoms with Gasteiger partial charge in [-0.05, 0) is 6.92 Å². The van der Waals surface area contributed by atoms with Crippen molar-refractivity contribution in [3.63, 3.8) is 0 Å². The zero-order chi connectivity index (χ0) is 10.8. The molecule has 0 amide bonds. The molecule has 2 heterocycles. The van der Waals surface area contributed by atoms with E-state index in [-0.39, 0.29) is 35.3 Å². The Morgan fingerprint density at radius 3 is 2.75 bits per heavy atom. The van der Waals surface area contributed by atoms with Gasteiger partial charge in [-0.1, -0.05) is 0 Å². The first-order valence-corrected chi connectivity index (χ1v) is 4.22. The third kappa shape index (κ3) is 2.46. The Labute approximate surface area is 113 Å². The number of hydrogen-bond acceptors (Lipinski definition) is 5. The first-order valence-electron chi connectivity index (χ1n) is 4.22. The Kier molecular flexibility index (Phi) is 4.17. The Balaban J connectivity index is 0.00000128. The second kappa shape index (κ2) is 5.20. The van der Waals surface area contributed by atoms with Gasteiger partial charge in [0.25, 0.3) is 0 Å². The predicted octanol–water partition coefficient (Wildman–Crippen LogP) is -3.46. The fourth-order valence-corrected chi connectivity index (χ4v) is 1.23. The number of rotatable bonds is 2. The molecule has 0 aromatic carbocycles. The number of carbonyl (C=O) groups is 1. The van der Waals surface area contributed by atoms with Crippen molar-refractivity contribution in [3.8, 4) is 11.3 Å². The van der Waals surface area contributed by atoms with Crippen molar-refractivity contribution < 1.29 is 39.5 Å². The number of hydrogen-bond donors (Lipinski definition) is 1. The zero-order valence-electron chi connectivity index (χ0n) is 8.89. The van der Waals surface area contributed by atoms with Gasteiger partial charge in [-0.3, -0.25) is 10.1 Å². The average molecular weight is 226 g/mol. The van der Waals surface area contributed by atoms with Crippen LogP contribution in [0.3, 0.4) is 0 Å². The Bertz CT molecular complexity index is 512. The standard InChI is InChI=1S/C9H8N4O2.Na/c1-5-2-10-4-7(12-5)6-3-11-13-8(6)9(14)15;/h2-4H,1H3,(H,11,13)(H,14,15);/q;+1/p-1. The Morgan fingerprint density at radius 1 is 1.38 bits per heavy atom. The molecule has 1 N–H and O–H groups in total. The minimum Gasteiger partial charge on any atom is -0.543 e. The summed E-state index contributed by atoms with van der Waals surface area (Å²) < 4.78 is 0. The van der Waals surface area contributed by atoms with Crippen LogP contribution < -0.4 is 34.7 Å². The van der Waals surface area contributed by atoms with Gasteiger partial charge in [0.05, 0.1) is 35.4 Å². The first-order chi connectivity index (χ1) is 7.18. The van der Waals surface area contributed by atoms with Crippen LogP contribution in [0.25, 0.3) is 11.3 Å². The maximum Gasteiger partial charge on any atom is 1.00 e. The molecule has 0 spiro atoms. The third-order valence-corrected chi connectivity index (χ3v) is 1.87. The summed E-state index contributed by atoms with van der Waals surface area (Å²) in [6, 6.07) is 0. The van der Waals surface area contributed by atoms with Gasteiger partial charge in [-0.15, -0.1) is 0 Å². The topological polar surface area (TPSA) is 94.6 Å². The first kappa shape index (κ1) is 12.8. The Morgan fingerprint density at radius 2 is 2.12 bits per heavy atom. The van der Waals surface area contributed by atoms with Crippen LogP contribution in [0, 0.1) is 6.92 Å². The van der Waals surface area contributed by atoms with Crippen LogP contribution in [-0.2, 0) is 0 Å². The summed E-state index contributed by atoms with van der Waals surface area (Å²) in [5, 5.41) is 16.7. The number of carboxylic acids is 1. The van der Waals surface area contributed by atoms with E-state index in [0.29, 0.717) is 17.0 Å². The van der Waals surface area contributed by atoms with E-state index in [1.807, 2.05) is 0 Å². The minimum atomic E-state index is -1.31. The zero-order valence-corrected chi connectivity index (χ0v) is 10.9. The average Bonchev–Trinajstić information content (AvgIpc) is 2.65. The molecular formula is C9H7N4NaO2. The number of nitrogens with one attached hydrogen (secondary N) is 1. The maximum atomic E-state index is 10.7. The minimum absolute atomic E-state index is 0. The molecule has 2 aromatic rings. The van der Waals surface area contributed by atoms with Crippen LogP contribution >= 0.6 is 0 Å². The van der Waals surface area contributed by atoms with Gasteiger partial charge in [-0.25, -0.2) is 4.98 Å². The number of aromatic amines is 1. The molecule has 2 rings (SSSR count). The summed E-state index contributed by atoms with van der Waals surface area (Å²) in [5.74, 6) is -1.31. The summed E-state index contributed by atoms with van der Waals surface area (Å²) in [5.41, 5.74) is 1.46. The Hall–Kier alpha value is -1.24.